The Morgan fingerprint density at radius 3 is 2.27 bits per heavy atom. The maximum Gasteiger partial charge on any atom is 0.269 e. The monoisotopic (exact) mass is 479 g/mol. The average Bonchev–Trinajstić information content (AvgIpc) is 3.27. The third-order valence-electron chi connectivity index (χ3n) is 4.81. The van der Waals surface area contributed by atoms with Gasteiger partial charge >= 0.3 is 0 Å². The van der Waals surface area contributed by atoms with Crippen molar-refractivity contribution in [1.82, 2.24) is 4.98 Å². The average molecular weight is 480 g/mol. The zero-order valence-corrected chi connectivity index (χ0v) is 19.3. The summed E-state index contributed by atoms with van der Waals surface area (Å²) < 4.78 is 10.6. The molecule has 0 aliphatic rings. The maximum absolute atomic E-state index is 11.0. The topological polar surface area (TPSA) is 86.9 Å². The van der Waals surface area contributed by atoms with Gasteiger partial charge < -0.3 is 9.47 Å². The van der Waals surface area contributed by atoms with Crippen molar-refractivity contribution in [3.05, 3.63) is 87.4 Å². The SMILES string of the molecule is COc1ccc(C=Nc2nc(-c3ccc(Cl)cc3)c(-c3ccc([N+](=O)[O-])cc3)s2)cc1OC. The number of nitro benzene ring substituents is 1. The summed E-state index contributed by atoms with van der Waals surface area (Å²) in [7, 11) is 3.16. The molecular formula is C24H18ClN3O4S. The first-order valence-corrected chi connectivity index (χ1v) is 11.0. The van der Waals surface area contributed by atoms with Gasteiger partial charge in [-0.2, -0.15) is 0 Å². The summed E-state index contributed by atoms with van der Waals surface area (Å²) in [5, 5.41) is 12.2. The Hall–Kier alpha value is -3.75. The zero-order valence-electron chi connectivity index (χ0n) is 17.7. The summed E-state index contributed by atoms with van der Waals surface area (Å²) in [6.45, 7) is 0. The van der Waals surface area contributed by atoms with Crippen LogP contribution in [0, 0.1) is 10.1 Å². The molecule has 166 valence electrons. The number of hydrogen-bond donors (Lipinski definition) is 0. The second kappa shape index (κ2) is 9.81. The molecule has 0 amide bonds. The summed E-state index contributed by atoms with van der Waals surface area (Å²) in [5.74, 6) is 1.24. The van der Waals surface area contributed by atoms with E-state index in [9.17, 15) is 10.1 Å². The van der Waals surface area contributed by atoms with Crippen molar-refractivity contribution in [2.24, 2.45) is 4.99 Å². The first-order chi connectivity index (χ1) is 16.0. The fraction of sp³-hybridized carbons (Fsp3) is 0.0833. The molecule has 7 nitrogen and oxygen atoms in total. The number of aliphatic imine (C=N–C) groups is 1. The van der Waals surface area contributed by atoms with Crippen molar-refractivity contribution < 1.29 is 14.4 Å². The third-order valence-corrected chi connectivity index (χ3v) is 6.07. The molecule has 4 aromatic rings. The summed E-state index contributed by atoms with van der Waals surface area (Å²) in [5.41, 5.74) is 3.27. The number of methoxy groups -OCH3 is 2. The van der Waals surface area contributed by atoms with E-state index >= 15 is 0 Å². The molecule has 33 heavy (non-hydrogen) atoms. The summed E-state index contributed by atoms with van der Waals surface area (Å²) in [6, 6.07) is 19.2. The van der Waals surface area contributed by atoms with Gasteiger partial charge in [0, 0.05) is 28.9 Å². The van der Waals surface area contributed by atoms with Crippen LogP contribution < -0.4 is 9.47 Å². The number of rotatable bonds is 7. The van der Waals surface area contributed by atoms with Crippen LogP contribution in [-0.2, 0) is 0 Å². The normalized spacial score (nSPS) is 11.0. The fourth-order valence-electron chi connectivity index (χ4n) is 3.16. The van der Waals surface area contributed by atoms with E-state index in [1.165, 1.54) is 23.5 Å². The summed E-state index contributed by atoms with van der Waals surface area (Å²) in [6.07, 6.45) is 1.70. The van der Waals surface area contributed by atoms with E-state index in [1.54, 1.807) is 44.7 Å². The van der Waals surface area contributed by atoms with E-state index in [0.29, 0.717) is 21.7 Å². The number of ether oxygens (including phenoxy) is 2. The van der Waals surface area contributed by atoms with Gasteiger partial charge in [0.05, 0.1) is 29.7 Å². The van der Waals surface area contributed by atoms with Crippen molar-refractivity contribution >= 4 is 40.0 Å². The van der Waals surface area contributed by atoms with Crippen LogP contribution >= 0.6 is 22.9 Å². The maximum atomic E-state index is 11.0. The lowest BCUT2D eigenvalue weighted by Gasteiger charge is -2.07. The number of aromatic nitrogens is 1. The van der Waals surface area contributed by atoms with Crippen molar-refractivity contribution in [2.75, 3.05) is 14.2 Å². The molecule has 0 atom stereocenters. The van der Waals surface area contributed by atoms with Gasteiger partial charge in [-0.25, -0.2) is 9.98 Å². The number of nitro groups is 1. The Kier molecular flexibility index (Phi) is 6.67. The van der Waals surface area contributed by atoms with Gasteiger partial charge in [-0.3, -0.25) is 10.1 Å². The molecule has 4 rings (SSSR count). The van der Waals surface area contributed by atoms with Crippen molar-refractivity contribution in [2.45, 2.75) is 0 Å². The molecule has 0 bridgehead atoms. The highest BCUT2D eigenvalue weighted by Gasteiger charge is 2.16. The number of halogens is 1. The smallest absolute Gasteiger partial charge is 0.269 e. The van der Waals surface area contributed by atoms with E-state index in [0.717, 1.165) is 27.3 Å². The van der Waals surface area contributed by atoms with Crippen molar-refractivity contribution in [3.8, 4) is 33.2 Å². The number of hydrogen-bond acceptors (Lipinski definition) is 7. The molecule has 0 radical (unpaired) electrons. The number of nitrogens with zero attached hydrogens (tertiary/aromatic N) is 3. The van der Waals surface area contributed by atoms with Crippen LogP contribution in [0.1, 0.15) is 5.56 Å². The second-order valence-electron chi connectivity index (χ2n) is 6.86. The molecule has 1 aromatic heterocycles. The molecule has 9 heteroatoms. The minimum atomic E-state index is -0.421. The highest BCUT2D eigenvalue weighted by atomic mass is 35.5. The number of thiazole rings is 1. The molecule has 1 heterocycles. The van der Waals surface area contributed by atoms with Crippen LogP contribution in [0.5, 0.6) is 11.5 Å². The first-order valence-electron chi connectivity index (χ1n) is 9.76. The predicted molar refractivity (Wildman–Crippen MR) is 131 cm³/mol. The van der Waals surface area contributed by atoms with E-state index in [1.807, 2.05) is 30.3 Å². The molecule has 0 unspecified atom stereocenters. The quantitative estimate of drug-likeness (QED) is 0.165. The molecule has 0 saturated carbocycles. The third kappa shape index (κ3) is 5.02. The van der Waals surface area contributed by atoms with Crippen LogP contribution in [-0.4, -0.2) is 30.3 Å². The van der Waals surface area contributed by atoms with Crippen molar-refractivity contribution in [1.29, 1.82) is 0 Å². The predicted octanol–water partition coefficient (Wildman–Crippen LogP) is 6.81. The standard InChI is InChI=1S/C24H18ClN3O4S/c1-31-20-12-3-15(13-21(20)32-2)14-26-24-27-22(16-4-8-18(25)9-5-16)23(33-24)17-6-10-19(11-7-17)28(29)30/h3-14H,1-2H3. The number of non-ortho nitro benzene ring substituents is 1. The molecule has 0 N–H and O–H groups in total. The van der Waals surface area contributed by atoms with Gasteiger partial charge in [0.25, 0.3) is 5.69 Å². The van der Waals surface area contributed by atoms with Gasteiger partial charge in [0.15, 0.2) is 11.5 Å². The molecule has 3 aromatic carbocycles. The zero-order chi connectivity index (χ0) is 23.4. The lowest BCUT2D eigenvalue weighted by atomic mass is 10.1. The molecule has 0 saturated heterocycles. The molecule has 0 aliphatic heterocycles. The summed E-state index contributed by atoms with van der Waals surface area (Å²) >= 11 is 7.44. The Labute approximate surface area is 199 Å². The van der Waals surface area contributed by atoms with Gasteiger partial charge in [-0.15, -0.1) is 0 Å². The minimum absolute atomic E-state index is 0.0306. The Morgan fingerprint density at radius 2 is 1.64 bits per heavy atom. The summed E-state index contributed by atoms with van der Waals surface area (Å²) in [4.78, 5) is 20.7. The first kappa shape index (κ1) is 22.4. The van der Waals surface area contributed by atoms with Crippen LogP contribution in [0.2, 0.25) is 5.02 Å². The minimum Gasteiger partial charge on any atom is -0.493 e. The van der Waals surface area contributed by atoms with E-state index in [4.69, 9.17) is 26.1 Å². The van der Waals surface area contributed by atoms with Gasteiger partial charge in [-0.05, 0) is 53.6 Å². The van der Waals surface area contributed by atoms with E-state index < -0.39 is 4.92 Å². The van der Waals surface area contributed by atoms with E-state index in [2.05, 4.69) is 4.99 Å². The van der Waals surface area contributed by atoms with Crippen molar-refractivity contribution in [3.63, 3.8) is 0 Å². The molecule has 0 aliphatic carbocycles. The highest BCUT2D eigenvalue weighted by molar-refractivity contribution is 7.19. The Morgan fingerprint density at radius 1 is 0.970 bits per heavy atom. The van der Waals surface area contributed by atoms with Crippen LogP contribution in [0.4, 0.5) is 10.8 Å². The number of benzene rings is 3. The molecule has 0 fully saturated rings. The van der Waals surface area contributed by atoms with Gasteiger partial charge in [-0.1, -0.05) is 35.1 Å². The van der Waals surface area contributed by atoms with E-state index in [-0.39, 0.29) is 5.69 Å². The highest BCUT2D eigenvalue weighted by Crippen LogP contribution is 2.41. The Balaban J connectivity index is 1.74. The van der Waals surface area contributed by atoms with Crippen LogP contribution in [0.3, 0.4) is 0 Å². The molecular weight excluding hydrogens is 462 g/mol. The van der Waals surface area contributed by atoms with Gasteiger partial charge in [0.2, 0.25) is 5.13 Å². The fourth-order valence-corrected chi connectivity index (χ4v) is 4.23. The largest absolute Gasteiger partial charge is 0.493 e. The lowest BCUT2D eigenvalue weighted by molar-refractivity contribution is -0.384. The second-order valence-corrected chi connectivity index (χ2v) is 8.27. The van der Waals surface area contributed by atoms with Crippen LogP contribution in [0.25, 0.3) is 21.7 Å². The Bertz CT molecular complexity index is 1320. The lowest BCUT2D eigenvalue weighted by Crippen LogP contribution is -1.91. The molecule has 0 spiro atoms. The van der Waals surface area contributed by atoms with Crippen LogP contribution in [0.15, 0.2) is 71.7 Å². The van der Waals surface area contributed by atoms with Gasteiger partial charge in [0.1, 0.15) is 0 Å².